The van der Waals surface area contributed by atoms with Gasteiger partial charge in [-0.05, 0) is 24.1 Å². The molecule has 4 N–H and O–H groups in total. The molecule has 0 aromatic heterocycles. The summed E-state index contributed by atoms with van der Waals surface area (Å²) in [6, 6.07) is 3.83. The van der Waals surface area contributed by atoms with E-state index in [1.165, 1.54) is 18.2 Å². The Morgan fingerprint density at radius 2 is 2.12 bits per heavy atom. The van der Waals surface area contributed by atoms with E-state index in [1.807, 2.05) is 0 Å². The average Bonchev–Trinajstić information content (AvgIpc) is 2.27. The van der Waals surface area contributed by atoms with Crippen molar-refractivity contribution in [2.24, 2.45) is 0 Å². The second kappa shape index (κ2) is 5.81. The topological polar surface area (TPSA) is 110 Å². The van der Waals surface area contributed by atoms with Crippen molar-refractivity contribution in [2.75, 3.05) is 11.6 Å². The van der Waals surface area contributed by atoms with E-state index >= 15 is 0 Å². The Morgan fingerprint density at radius 1 is 1.47 bits per heavy atom. The molecule has 17 heavy (non-hydrogen) atoms. The third kappa shape index (κ3) is 3.29. The molecule has 2 unspecified atom stereocenters. The third-order valence-corrected chi connectivity index (χ3v) is 2.58. The number of nitrogens with two attached hydrogens (primary N) is 1. The molecule has 0 fully saturated rings. The van der Waals surface area contributed by atoms with Crippen LogP contribution in [0.15, 0.2) is 18.2 Å². The summed E-state index contributed by atoms with van der Waals surface area (Å²) >= 11 is 5.44. The SMILES string of the molecule is Nc1cc(C(O)C(O)CCCl)ccc1[N+](=O)[O-]. The van der Waals surface area contributed by atoms with Gasteiger partial charge in [0, 0.05) is 11.9 Å². The van der Waals surface area contributed by atoms with Gasteiger partial charge in [0.05, 0.1) is 11.0 Å². The maximum Gasteiger partial charge on any atom is 0.292 e. The van der Waals surface area contributed by atoms with E-state index in [1.54, 1.807) is 0 Å². The van der Waals surface area contributed by atoms with Crippen LogP contribution >= 0.6 is 11.6 Å². The average molecular weight is 261 g/mol. The summed E-state index contributed by atoms with van der Waals surface area (Å²) < 4.78 is 0. The summed E-state index contributed by atoms with van der Waals surface area (Å²) in [4.78, 5) is 9.93. The summed E-state index contributed by atoms with van der Waals surface area (Å²) in [7, 11) is 0. The van der Waals surface area contributed by atoms with Gasteiger partial charge < -0.3 is 15.9 Å². The minimum absolute atomic E-state index is 0.0513. The Hall–Kier alpha value is -1.37. The molecule has 0 amide bonds. The summed E-state index contributed by atoms with van der Waals surface area (Å²) in [6.45, 7) is 0. The molecular formula is C10H13ClN2O4. The van der Waals surface area contributed by atoms with Gasteiger partial charge in [0.2, 0.25) is 0 Å². The quantitative estimate of drug-likeness (QED) is 0.319. The van der Waals surface area contributed by atoms with Gasteiger partial charge in [0.25, 0.3) is 5.69 Å². The van der Waals surface area contributed by atoms with Crippen LogP contribution < -0.4 is 5.73 Å². The fraction of sp³-hybridized carbons (Fsp3) is 0.400. The summed E-state index contributed by atoms with van der Waals surface area (Å²) in [5.41, 5.74) is 5.52. The van der Waals surface area contributed by atoms with Crippen LogP contribution in [0.25, 0.3) is 0 Å². The first-order valence-electron chi connectivity index (χ1n) is 4.93. The molecule has 7 heteroatoms. The predicted molar refractivity (Wildman–Crippen MR) is 63.8 cm³/mol. The fourth-order valence-electron chi connectivity index (χ4n) is 1.42. The second-order valence-corrected chi connectivity index (χ2v) is 3.94. The molecule has 0 spiro atoms. The first-order valence-corrected chi connectivity index (χ1v) is 5.46. The molecule has 1 aromatic rings. The molecule has 0 aliphatic rings. The van der Waals surface area contributed by atoms with Crippen LogP contribution in [-0.2, 0) is 0 Å². The van der Waals surface area contributed by atoms with Gasteiger partial charge in [0.15, 0.2) is 0 Å². The molecule has 1 rings (SSSR count). The normalized spacial score (nSPS) is 14.3. The smallest absolute Gasteiger partial charge is 0.292 e. The van der Waals surface area contributed by atoms with E-state index in [9.17, 15) is 20.3 Å². The largest absolute Gasteiger partial charge is 0.393 e. The molecule has 0 bridgehead atoms. The van der Waals surface area contributed by atoms with Crippen molar-refractivity contribution in [3.8, 4) is 0 Å². The predicted octanol–water partition coefficient (Wildman–Crippen LogP) is 1.20. The minimum Gasteiger partial charge on any atom is -0.393 e. The molecule has 0 aliphatic heterocycles. The standard InChI is InChI=1S/C10H13ClN2O4/c11-4-3-9(14)10(15)6-1-2-8(13(16)17)7(12)5-6/h1-2,5,9-10,14-15H,3-4,12H2. The van der Waals surface area contributed by atoms with E-state index in [4.69, 9.17) is 17.3 Å². The van der Waals surface area contributed by atoms with Gasteiger partial charge in [-0.1, -0.05) is 0 Å². The molecule has 0 heterocycles. The fourth-order valence-corrected chi connectivity index (χ4v) is 1.64. The Kier molecular flexibility index (Phi) is 4.68. The number of benzene rings is 1. The highest BCUT2D eigenvalue weighted by Gasteiger charge is 2.20. The maximum atomic E-state index is 10.5. The zero-order chi connectivity index (χ0) is 13.0. The molecular weight excluding hydrogens is 248 g/mol. The van der Waals surface area contributed by atoms with Crippen LogP contribution in [0.4, 0.5) is 11.4 Å². The van der Waals surface area contributed by atoms with Crippen molar-refractivity contribution < 1.29 is 15.1 Å². The van der Waals surface area contributed by atoms with Gasteiger partial charge in [0.1, 0.15) is 11.8 Å². The number of nitrogens with zero attached hydrogens (tertiary/aromatic N) is 1. The number of hydrogen-bond acceptors (Lipinski definition) is 5. The number of alkyl halides is 1. The van der Waals surface area contributed by atoms with Gasteiger partial charge >= 0.3 is 0 Å². The van der Waals surface area contributed by atoms with Gasteiger partial charge in [-0.25, -0.2) is 0 Å². The Labute approximate surface area is 103 Å². The van der Waals surface area contributed by atoms with Crippen molar-refractivity contribution in [1.82, 2.24) is 0 Å². The lowest BCUT2D eigenvalue weighted by molar-refractivity contribution is -0.383. The second-order valence-electron chi connectivity index (χ2n) is 3.57. The number of rotatable bonds is 5. The maximum absolute atomic E-state index is 10.5. The first kappa shape index (κ1) is 13.7. The van der Waals surface area contributed by atoms with Crippen LogP contribution in [0.2, 0.25) is 0 Å². The number of aliphatic hydroxyl groups is 2. The van der Waals surface area contributed by atoms with E-state index in [0.29, 0.717) is 5.56 Å². The molecule has 0 radical (unpaired) electrons. The molecule has 1 aromatic carbocycles. The lowest BCUT2D eigenvalue weighted by Gasteiger charge is -2.17. The monoisotopic (exact) mass is 260 g/mol. The lowest BCUT2D eigenvalue weighted by atomic mass is 10.0. The van der Waals surface area contributed by atoms with Crippen molar-refractivity contribution in [3.63, 3.8) is 0 Å². The van der Waals surface area contributed by atoms with Crippen LogP contribution in [0.1, 0.15) is 18.1 Å². The highest BCUT2D eigenvalue weighted by Crippen LogP contribution is 2.27. The minimum atomic E-state index is -1.16. The van der Waals surface area contributed by atoms with E-state index in [2.05, 4.69) is 0 Å². The molecule has 2 atom stereocenters. The number of nitro benzene ring substituents is 1. The van der Waals surface area contributed by atoms with Crippen LogP contribution in [0, 0.1) is 10.1 Å². The highest BCUT2D eigenvalue weighted by molar-refractivity contribution is 6.17. The number of nitro groups is 1. The van der Waals surface area contributed by atoms with Crippen LogP contribution in [0.5, 0.6) is 0 Å². The third-order valence-electron chi connectivity index (χ3n) is 2.36. The Morgan fingerprint density at radius 3 is 2.59 bits per heavy atom. The zero-order valence-electron chi connectivity index (χ0n) is 8.91. The van der Waals surface area contributed by atoms with E-state index < -0.39 is 17.1 Å². The van der Waals surface area contributed by atoms with Crippen LogP contribution in [0.3, 0.4) is 0 Å². The van der Waals surface area contributed by atoms with Gasteiger partial charge in [-0.15, -0.1) is 11.6 Å². The molecule has 0 saturated heterocycles. The van der Waals surface area contributed by atoms with E-state index in [-0.39, 0.29) is 23.7 Å². The first-order chi connectivity index (χ1) is 7.97. The number of aliphatic hydroxyl groups excluding tert-OH is 2. The van der Waals surface area contributed by atoms with Crippen molar-refractivity contribution in [2.45, 2.75) is 18.6 Å². The number of hydrogen-bond donors (Lipinski definition) is 3. The van der Waals surface area contributed by atoms with Crippen molar-refractivity contribution >= 4 is 23.0 Å². The number of halogens is 1. The van der Waals surface area contributed by atoms with Gasteiger partial charge in [-0.3, -0.25) is 10.1 Å². The Bertz CT molecular complexity index is 413. The van der Waals surface area contributed by atoms with Crippen molar-refractivity contribution in [1.29, 1.82) is 0 Å². The summed E-state index contributed by atoms with van der Waals surface area (Å²) in [5, 5.41) is 29.8. The van der Waals surface area contributed by atoms with Crippen LogP contribution in [-0.4, -0.2) is 27.1 Å². The molecule has 94 valence electrons. The number of anilines is 1. The number of nitrogen functional groups attached to an aromatic ring is 1. The highest BCUT2D eigenvalue weighted by atomic mass is 35.5. The van der Waals surface area contributed by atoms with E-state index in [0.717, 1.165) is 0 Å². The zero-order valence-corrected chi connectivity index (χ0v) is 9.67. The molecule has 0 aliphatic carbocycles. The van der Waals surface area contributed by atoms with Gasteiger partial charge in [-0.2, -0.15) is 0 Å². The van der Waals surface area contributed by atoms with Crippen molar-refractivity contribution in [3.05, 3.63) is 33.9 Å². The summed E-state index contributed by atoms with van der Waals surface area (Å²) in [5.74, 6) is 0.209. The lowest BCUT2D eigenvalue weighted by Crippen LogP contribution is -2.18. The Balaban J connectivity index is 2.93. The summed E-state index contributed by atoms with van der Waals surface area (Å²) in [6.07, 6.45) is -1.95. The molecule has 6 nitrogen and oxygen atoms in total. The molecule has 0 saturated carbocycles.